The van der Waals surface area contributed by atoms with Crippen molar-refractivity contribution in [1.82, 2.24) is 30.5 Å². The molecule has 0 bridgehead atoms. The number of hydrogen-bond donors (Lipinski definition) is 4. The number of aryl methyl sites for hydroxylation is 2. The molecule has 2 aromatic heterocycles. The van der Waals surface area contributed by atoms with E-state index >= 15 is 0 Å². The molecular weight excluding hydrogens is 636 g/mol. The van der Waals surface area contributed by atoms with Crippen LogP contribution in [0.4, 0.5) is 22.5 Å². The number of thiazole rings is 1. The van der Waals surface area contributed by atoms with Gasteiger partial charge in [-0.25, -0.2) is 15.0 Å². The molecule has 15 nitrogen and oxygen atoms in total. The third-order valence-electron chi connectivity index (χ3n) is 6.74. The van der Waals surface area contributed by atoms with Gasteiger partial charge in [0.2, 0.25) is 5.91 Å². The lowest BCUT2D eigenvalue weighted by molar-refractivity contribution is -0.125. The summed E-state index contributed by atoms with van der Waals surface area (Å²) in [6, 6.07) is 7.28. The number of piperazine rings is 1. The number of aromatic nitrogens is 3. The first-order chi connectivity index (χ1) is 22.2. The van der Waals surface area contributed by atoms with Crippen molar-refractivity contribution in [3.05, 3.63) is 51.7 Å². The minimum Gasteiger partial charge on any atom is -0.386 e. The minimum absolute atomic E-state index is 0.0812. The molecule has 1 aliphatic rings. The molecule has 1 aromatic carbocycles. The van der Waals surface area contributed by atoms with Crippen molar-refractivity contribution in [3.8, 4) is 0 Å². The van der Waals surface area contributed by atoms with Crippen LogP contribution < -0.4 is 26.2 Å². The van der Waals surface area contributed by atoms with E-state index in [1.165, 1.54) is 17.5 Å². The second-order valence-electron chi connectivity index (χ2n) is 10.2. The van der Waals surface area contributed by atoms with Gasteiger partial charge < -0.3 is 35.7 Å². The molecule has 0 saturated carbocycles. The van der Waals surface area contributed by atoms with Crippen LogP contribution >= 0.6 is 22.9 Å². The zero-order valence-corrected chi connectivity index (χ0v) is 27.2. The Labute approximate surface area is 275 Å². The van der Waals surface area contributed by atoms with E-state index in [-0.39, 0.29) is 30.9 Å². The Hall–Kier alpha value is -4.38. The Morgan fingerprint density at radius 2 is 1.80 bits per heavy atom. The number of halogens is 1. The number of amides is 3. The van der Waals surface area contributed by atoms with Gasteiger partial charge in [-0.05, 0) is 25.5 Å². The van der Waals surface area contributed by atoms with Gasteiger partial charge in [0.15, 0.2) is 11.7 Å². The highest BCUT2D eigenvalue weighted by atomic mass is 35.5. The van der Waals surface area contributed by atoms with Crippen LogP contribution in [0.15, 0.2) is 35.6 Å². The van der Waals surface area contributed by atoms with Gasteiger partial charge in [0.05, 0.1) is 36.7 Å². The Bertz CT molecular complexity index is 1500. The first-order valence-corrected chi connectivity index (χ1v) is 15.7. The quantitative estimate of drug-likeness (QED) is 0.0997. The molecule has 0 radical (unpaired) electrons. The van der Waals surface area contributed by atoms with Gasteiger partial charge in [-0.3, -0.25) is 19.3 Å². The van der Waals surface area contributed by atoms with Gasteiger partial charge in [-0.2, -0.15) is 0 Å². The summed E-state index contributed by atoms with van der Waals surface area (Å²) in [5.41, 5.74) is 1.44. The molecule has 3 amide bonds. The molecule has 1 saturated heterocycles. The number of ether oxygens (including phenoxy) is 1. The SMILES string of the molecule is C=NOCC(=O)NCCOCCNC(=O)CN1CCN(c2cc(Nc3ncc(C(=O)Nc4c(C)cccc4Cl)s3)nc(C)n2)CC1. The molecule has 0 unspecified atom stereocenters. The monoisotopic (exact) mass is 672 g/mol. The van der Waals surface area contributed by atoms with Crippen LogP contribution in [0.2, 0.25) is 5.02 Å². The standard InChI is InChI=1S/C29H37ClN10O5S/c1-19-5-4-6-21(30)27(19)38-28(43)22-16-34-29(46-22)37-23-15-24(36-20(2)35-23)40-11-9-39(10-12-40)17-25(41)32-7-13-44-14-8-33-26(42)18-45-31-3/h4-6,15-16H,3,7-14,17-18H2,1-2H3,(H,32,41)(H,33,42)(H,38,43)(H,34,35,36,37). The van der Waals surface area contributed by atoms with Crippen LogP contribution in [0.3, 0.4) is 0 Å². The van der Waals surface area contributed by atoms with E-state index < -0.39 is 0 Å². The first kappa shape index (κ1) is 34.5. The van der Waals surface area contributed by atoms with Crippen molar-refractivity contribution >= 4 is 69.8 Å². The third kappa shape index (κ3) is 10.6. The molecule has 17 heteroatoms. The van der Waals surface area contributed by atoms with Crippen molar-refractivity contribution in [2.24, 2.45) is 5.16 Å². The zero-order valence-electron chi connectivity index (χ0n) is 25.7. The molecule has 46 heavy (non-hydrogen) atoms. The Balaban J connectivity index is 1.18. The number of nitrogens with zero attached hydrogens (tertiary/aromatic N) is 6. The molecule has 4 rings (SSSR count). The average Bonchev–Trinajstić information content (AvgIpc) is 3.50. The number of anilines is 4. The van der Waals surface area contributed by atoms with E-state index in [2.05, 4.69) is 62.7 Å². The summed E-state index contributed by atoms with van der Waals surface area (Å²) in [4.78, 5) is 59.2. The maximum absolute atomic E-state index is 12.8. The number of hydrogen-bond acceptors (Lipinski definition) is 13. The Morgan fingerprint density at radius 3 is 2.52 bits per heavy atom. The summed E-state index contributed by atoms with van der Waals surface area (Å²) in [6.45, 7) is 11.0. The zero-order chi connectivity index (χ0) is 32.9. The average molecular weight is 673 g/mol. The predicted molar refractivity (Wildman–Crippen MR) is 177 cm³/mol. The van der Waals surface area contributed by atoms with E-state index in [1.807, 2.05) is 32.0 Å². The van der Waals surface area contributed by atoms with Crippen LogP contribution in [0, 0.1) is 13.8 Å². The number of para-hydroxylation sites is 1. The lowest BCUT2D eigenvalue weighted by Gasteiger charge is -2.35. The molecule has 0 spiro atoms. The highest BCUT2D eigenvalue weighted by molar-refractivity contribution is 7.17. The molecule has 3 heterocycles. The van der Waals surface area contributed by atoms with Gasteiger partial charge in [0, 0.05) is 52.1 Å². The summed E-state index contributed by atoms with van der Waals surface area (Å²) < 4.78 is 5.42. The van der Waals surface area contributed by atoms with Crippen molar-refractivity contribution in [2.75, 3.05) is 81.2 Å². The second kappa shape index (κ2) is 17.4. The van der Waals surface area contributed by atoms with Crippen molar-refractivity contribution in [3.63, 3.8) is 0 Å². The Morgan fingerprint density at radius 1 is 1.07 bits per heavy atom. The Kier molecular flexibility index (Phi) is 13.0. The maximum atomic E-state index is 12.8. The summed E-state index contributed by atoms with van der Waals surface area (Å²) >= 11 is 7.46. The number of carbonyl (C=O) groups excluding carboxylic acids is 3. The molecule has 0 aliphatic carbocycles. The van der Waals surface area contributed by atoms with Crippen LogP contribution in [-0.4, -0.2) is 110 Å². The summed E-state index contributed by atoms with van der Waals surface area (Å²) in [5, 5.41) is 15.7. The van der Waals surface area contributed by atoms with Crippen molar-refractivity contribution in [2.45, 2.75) is 13.8 Å². The highest BCUT2D eigenvalue weighted by Crippen LogP contribution is 2.28. The fraction of sp³-hybridized carbons (Fsp3) is 0.414. The lowest BCUT2D eigenvalue weighted by atomic mass is 10.2. The van der Waals surface area contributed by atoms with Crippen LogP contribution in [0.5, 0.6) is 0 Å². The van der Waals surface area contributed by atoms with E-state index in [4.69, 9.17) is 16.3 Å². The fourth-order valence-electron chi connectivity index (χ4n) is 4.47. The maximum Gasteiger partial charge on any atom is 0.267 e. The topological polar surface area (TPSA) is 175 Å². The molecule has 1 aliphatic heterocycles. The van der Waals surface area contributed by atoms with Crippen LogP contribution in [-0.2, 0) is 19.2 Å². The van der Waals surface area contributed by atoms with E-state index in [0.29, 0.717) is 84.8 Å². The summed E-state index contributed by atoms with van der Waals surface area (Å²) in [7, 11) is 0. The molecule has 3 aromatic rings. The normalized spacial score (nSPS) is 13.2. The molecule has 246 valence electrons. The fourth-order valence-corrected chi connectivity index (χ4v) is 5.45. The van der Waals surface area contributed by atoms with Gasteiger partial charge >= 0.3 is 0 Å². The number of rotatable bonds is 16. The number of carbonyl (C=O) groups is 3. The van der Waals surface area contributed by atoms with Gasteiger partial charge in [-0.15, -0.1) is 5.16 Å². The van der Waals surface area contributed by atoms with E-state index in [1.54, 1.807) is 6.07 Å². The number of benzene rings is 1. The summed E-state index contributed by atoms with van der Waals surface area (Å²) in [5.74, 6) is 1.23. The van der Waals surface area contributed by atoms with Gasteiger partial charge in [0.1, 0.15) is 22.3 Å². The van der Waals surface area contributed by atoms with Crippen LogP contribution in [0.1, 0.15) is 21.1 Å². The van der Waals surface area contributed by atoms with Crippen molar-refractivity contribution < 1.29 is 24.0 Å². The highest BCUT2D eigenvalue weighted by Gasteiger charge is 2.21. The predicted octanol–water partition coefficient (Wildman–Crippen LogP) is 2.20. The molecular formula is C29H37ClN10O5S. The largest absolute Gasteiger partial charge is 0.386 e. The van der Waals surface area contributed by atoms with Crippen LogP contribution in [0.25, 0.3) is 0 Å². The molecule has 4 N–H and O–H groups in total. The van der Waals surface area contributed by atoms with Gasteiger partial charge in [0.25, 0.3) is 11.8 Å². The van der Waals surface area contributed by atoms with E-state index in [0.717, 1.165) is 11.4 Å². The lowest BCUT2D eigenvalue weighted by Crippen LogP contribution is -2.50. The van der Waals surface area contributed by atoms with E-state index in [9.17, 15) is 14.4 Å². The smallest absolute Gasteiger partial charge is 0.267 e. The third-order valence-corrected chi connectivity index (χ3v) is 7.96. The number of nitrogens with one attached hydrogen (secondary N) is 4. The minimum atomic E-state index is -0.311. The number of oxime groups is 1. The second-order valence-corrected chi connectivity index (χ2v) is 11.6. The summed E-state index contributed by atoms with van der Waals surface area (Å²) in [6.07, 6.45) is 1.51. The molecule has 1 fully saturated rings. The van der Waals surface area contributed by atoms with Gasteiger partial charge in [-0.1, -0.05) is 35.1 Å². The van der Waals surface area contributed by atoms with Crippen molar-refractivity contribution in [1.29, 1.82) is 0 Å². The first-order valence-electron chi connectivity index (χ1n) is 14.5. The molecule has 0 atom stereocenters.